The first-order valence-corrected chi connectivity index (χ1v) is 11.8. The molecular formula is C24H32N2O3S. The van der Waals surface area contributed by atoms with E-state index in [1.165, 1.54) is 16.9 Å². The summed E-state index contributed by atoms with van der Waals surface area (Å²) in [5.74, 6) is 1.59. The molecule has 1 atom stereocenters. The van der Waals surface area contributed by atoms with Crippen molar-refractivity contribution in [2.24, 2.45) is 17.3 Å². The van der Waals surface area contributed by atoms with Gasteiger partial charge in [-0.3, -0.25) is 9.59 Å². The zero-order valence-electron chi connectivity index (χ0n) is 18.2. The molecule has 0 bridgehead atoms. The standard InChI is InChI=1S/C24H32N2O3S/c1-24(2,3)18-6-7-20-17(13-18)14-21(30-20)23(28)26-10-8-16(9-11-26)22(27)25-15-19-5-4-12-29-19/h4-5,12,14,16,18H,6-11,13,15H2,1-3H3,(H,25,27). The molecule has 0 spiro atoms. The summed E-state index contributed by atoms with van der Waals surface area (Å²) in [7, 11) is 0. The van der Waals surface area contributed by atoms with E-state index in [1.807, 2.05) is 17.0 Å². The smallest absolute Gasteiger partial charge is 0.263 e. The van der Waals surface area contributed by atoms with Crippen molar-refractivity contribution in [2.75, 3.05) is 13.1 Å². The number of hydrogen-bond acceptors (Lipinski definition) is 4. The Morgan fingerprint density at radius 1 is 1.23 bits per heavy atom. The van der Waals surface area contributed by atoms with Crippen LogP contribution in [-0.2, 0) is 24.2 Å². The Morgan fingerprint density at radius 2 is 2.00 bits per heavy atom. The molecule has 0 saturated carbocycles. The second-order valence-electron chi connectivity index (χ2n) is 9.73. The van der Waals surface area contributed by atoms with Crippen molar-refractivity contribution >= 4 is 23.2 Å². The van der Waals surface area contributed by atoms with Gasteiger partial charge in [0, 0.05) is 23.9 Å². The monoisotopic (exact) mass is 428 g/mol. The van der Waals surface area contributed by atoms with Crippen molar-refractivity contribution in [3.8, 4) is 0 Å². The fourth-order valence-corrected chi connectivity index (χ4v) is 5.78. The number of fused-ring (bicyclic) bond motifs is 1. The average molecular weight is 429 g/mol. The van der Waals surface area contributed by atoms with Gasteiger partial charge in [-0.2, -0.15) is 0 Å². The third-order valence-electron chi connectivity index (χ3n) is 6.69. The summed E-state index contributed by atoms with van der Waals surface area (Å²) in [6.07, 6.45) is 6.42. The Kier molecular flexibility index (Phi) is 6.05. The SMILES string of the molecule is CC(C)(C)C1CCc2sc(C(=O)N3CCC(C(=O)NCc4ccco4)CC3)cc2C1. The van der Waals surface area contributed by atoms with E-state index < -0.39 is 0 Å². The summed E-state index contributed by atoms with van der Waals surface area (Å²) in [6, 6.07) is 5.81. The predicted molar refractivity (Wildman–Crippen MR) is 118 cm³/mol. The zero-order valence-corrected chi connectivity index (χ0v) is 19.0. The molecule has 0 radical (unpaired) electrons. The van der Waals surface area contributed by atoms with Crippen LogP contribution in [0.5, 0.6) is 0 Å². The number of aryl methyl sites for hydroxylation is 1. The van der Waals surface area contributed by atoms with Crippen LogP contribution in [0.1, 0.15) is 65.9 Å². The van der Waals surface area contributed by atoms with E-state index in [4.69, 9.17) is 4.42 Å². The van der Waals surface area contributed by atoms with Gasteiger partial charge in [0.1, 0.15) is 5.76 Å². The summed E-state index contributed by atoms with van der Waals surface area (Å²) in [4.78, 5) is 29.7. The van der Waals surface area contributed by atoms with E-state index in [1.54, 1.807) is 17.6 Å². The molecule has 1 unspecified atom stereocenters. The van der Waals surface area contributed by atoms with Crippen LogP contribution in [0.15, 0.2) is 28.9 Å². The van der Waals surface area contributed by atoms with Crippen LogP contribution in [0.4, 0.5) is 0 Å². The molecule has 0 aromatic carbocycles. The summed E-state index contributed by atoms with van der Waals surface area (Å²) >= 11 is 1.68. The molecule has 3 heterocycles. The van der Waals surface area contributed by atoms with Crippen LogP contribution in [0.25, 0.3) is 0 Å². The minimum Gasteiger partial charge on any atom is -0.467 e. The molecule has 6 heteroatoms. The van der Waals surface area contributed by atoms with E-state index in [2.05, 4.69) is 32.2 Å². The third kappa shape index (κ3) is 4.64. The van der Waals surface area contributed by atoms with Gasteiger partial charge in [0.15, 0.2) is 0 Å². The highest BCUT2D eigenvalue weighted by molar-refractivity contribution is 7.14. The Labute approximate surface area is 182 Å². The normalized spacial score (nSPS) is 20.1. The number of likely N-dealkylation sites (tertiary alicyclic amines) is 1. The number of nitrogens with one attached hydrogen (secondary N) is 1. The molecule has 2 aliphatic rings. The van der Waals surface area contributed by atoms with Gasteiger partial charge in [-0.1, -0.05) is 20.8 Å². The first-order valence-electron chi connectivity index (χ1n) is 11.0. The second kappa shape index (κ2) is 8.58. The van der Waals surface area contributed by atoms with Crippen LogP contribution < -0.4 is 5.32 Å². The number of amides is 2. The number of carbonyl (C=O) groups excluding carboxylic acids is 2. The topological polar surface area (TPSA) is 62.6 Å². The van der Waals surface area contributed by atoms with Crippen molar-refractivity contribution in [3.05, 3.63) is 45.5 Å². The number of thiophene rings is 1. The van der Waals surface area contributed by atoms with Gasteiger partial charge >= 0.3 is 0 Å². The molecule has 5 nitrogen and oxygen atoms in total. The lowest BCUT2D eigenvalue weighted by Crippen LogP contribution is -2.42. The Bertz CT molecular complexity index is 886. The molecule has 2 amide bonds. The molecule has 2 aromatic rings. The highest BCUT2D eigenvalue weighted by Crippen LogP contribution is 2.40. The van der Waals surface area contributed by atoms with Gasteiger partial charge in [0.05, 0.1) is 17.7 Å². The van der Waals surface area contributed by atoms with Gasteiger partial charge in [0.2, 0.25) is 5.91 Å². The molecule has 1 fully saturated rings. The molecule has 2 aromatic heterocycles. The molecule has 4 rings (SSSR count). The number of rotatable bonds is 4. The molecular weight excluding hydrogens is 396 g/mol. The number of piperidine rings is 1. The lowest BCUT2D eigenvalue weighted by atomic mass is 9.72. The van der Waals surface area contributed by atoms with Crippen molar-refractivity contribution in [2.45, 2.75) is 59.4 Å². The van der Waals surface area contributed by atoms with Crippen LogP contribution in [0.3, 0.4) is 0 Å². The Hall–Kier alpha value is -2.08. The van der Waals surface area contributed by atoms with E-state index >= 15 is 0 Å². The fraction of sp³-hybridized carbons (Fsp3) is 0.583. The molecule has 162 valence electrons. The molecule has 1 saturated heterocycles. The lowest BCUT2D eigenvalue weighted by molar-refractivity contribution is -0.126. The maximum Gasteiger partial charge on any atom is 0.263 e. The van der Waals surface area contributed by atoms with Crippen LogP contribution in [0.2, 0.25) is 0 Å². The Balaban J connectivity index is 1.31. The number of hydrogen-bond donors (Lipinski definition) is 1. The van der Waals surface area contributed by atoms with Crippen molar-refractivity contribution in [1.82, 2.24) is 10.2 Å². The maximum atomic E-state index is 13.1. The fourth-order valence-electron chi connectivity index (χ4n) is 4.60. The summed E-state index contributed by atoms with van der Waals surface area (Å²) in [6.45, 7) is 8.65. The first kappa shape index (κ1) is 21.2. The number of carbonyl (C=O) groups is 2. The second-order valence-corrected chi connectivity index (χ2v) is 10.9. The van der Waals surface area contributed by atoms with E-state index in [0.717, 1.165) is 23.5 Å². The van der Waals surface area contributed by atoms with Crippen LogP contribution >= 0.6 is 11.3 Å². The van der Waals surface area contributed by atoms with Gasteiger partial charge < -0.3 is 14.6 Å². The van der Waals surface area contributed by atoms with Crippen molar-refractivity contribution in [3.63, 3.8) is 0 Å². The highest BCUT2D eigenvalue weighted by atomic mass is 32.1. The largest absolute Gasteiger partial charge is 0.467 e. The maximum absolute atomic E-state index is 13.1. The average Bonchev–Trinajstić information content (AvgIpc) is 3.40. The van der Waals surface area contributed by atoms with Gasteiger partial charge in [-0.15, -0.1) is 11.3 Å². The van der Waals surface area contributed by atoms with Crippen LogP contribution in [-0.4, -0.2) is 29.8 Å². The Morgan fingerprint density at radius 3 is 2.67 bits per heavy atom. The molecule has 1 aliphatic heterocycles. The van der Waals surface area contributed by atoms with E-state index in [9.17, 15) is 9.59 Å². The summed E-state index contributed by atoms with van der Waals surface area (Å²) < 4.78 is 5.26. The molecule has 1 N–H and O–H groups in total. The first-order chi connectivity index (χ1) is 14.3. The summed E-state index contributed by atoms with van der Waals surface area (Å²) in [5.41, 5.74) is 1.69. The number of nitrogens with zero attached hydrogens (tertiary/aromatic N) is 1. The number of furan rings is 1. The summed E-state index contributed by atoms with van der Waals surface area (Å²) in [5, 5.41) is 2.95. The minimum atomic E-state index is -0.0342. The van der Waals surface area contributed by atoms with Gasteiger partial charge in [-0.25, -0.2) is 0 Å². The van der Waals surface area contributed by atoms with E-state index in [0.29, 0.717) is 43.8 Å². The van der Waals surface area contributed by atoms with Crippen molar-refractivity contribution < 1.29 is 14.0 Å². The zero-order chi connectivity index (χ0) is 21.3. The van der Waals surface area contributed by atoms with Crippen molar-refractivity contribution in [1.29, 1.82) is 0 Å². The predicted octanol–water partition coefficient (Wildman–Crippen LogP) is 4.66. The molecule has 30 heavy (non-hydrogen) atoms. The van der Waals surface area contributed by atoms with E-state index in [-0.39, 0.29) is 17.7 Å². The highest BCUT2D eigenvalue weighted by Gasteiger charge is 2.32. The van der Waals surface area contributed by atoms with Gasteiger partial charge in [0.25, 0.3) is 5.91 Å². The van der Waals surface area contributed by atoms with Gasteiger partial charge in [-0.05, 0) is 67.2 Å². The van der Waals surface area contributed by atoms with Crippen LogP contribution in [0, 0.1) is 17.3 Å². The quantitative estimate of drug-likeness (QED) is 0.770. The third-order valence-corrected chi connectivity index (χ3v) is 7.91. The minimum absolute atomic E-state index is 0.0342. The lowest BCUT2D eigenvalue weighted by Gasteiger charge is -2.33. The molecule has 1 aliphatic carbocycles.